The third-order valence-corrected chi connectivity index (χ3v) is 4.99. The lowest BCUT2D eigenvalue weighted by atomic mass is 10.0. The Hall–Kier alpha value is -2.38. The van der Waals surface area contributed by atoms with Crippen molar-refractivity contribution in [3.05, 3.63) is 47.3 Å². The fraction of sp³-hybridized carbons (Fsp3) is 0.500. The average Bonchev–Trinajstić information content (AvgIpc) is 3.21. The van der Waals surface area contributed by atoms with Crippen molar-refractivity contribution in [2.45, 2.75) is 25.9 Å². The van der Waals surface area contributed by atoms with Crippen LogP contribution in [-0.2, 0) is 17.6 Å². The molecular formula is C20H28N4O3. The van der Waals surface area contributed by atoms with Crippen molar-refractivity contribution in [2.24, 2.45) is 5.92 Å². The number of rotatable bonds is 8. The van der Waals surface area contributed by atoms with Crippen LogP contribution in [0.25, 0.3) is 0 Å². The monoisotopic (exact) mass is 372 g/mol. The molecule has 3 rings (SSSR count). The average molecular weight is 372 g/mol. The summed E-state index contributed by atoms with van der Waals surface area (Å²) in [7, 11) is 1.65. The van der Waals surface area contributed by atoms with Crippen LogP contribution in [0.5, 0.6) is 5.75 Å². The van der Waals surface area contributed by atoms with Crippen LogP contribution < -0.4 is 10.1 Å². The van der Waals surface area contributed by atoms with Gasteiger partial charge in [-0.05, 0) is 37.5 Å². The molecule has 7 nitrogen and oxygen atoms in total. The third kappa shape index (κ3) is 5.30. The summed E-state index contributed by atoms with van der Waals surface area (Å²) in [6.07, 6.45) is 1.01. The van der Waals surface area contributed by atoms with Crippen LogP contribution in [0, 0.1) is 12.8 Å². The number of amides is 1. The van der Waals surface area contributed by atoms with E-state index in [0.717, 1.165) is 35.5 Å². The van der Waals surface area contributed by atoms with E-state index in [9.17, 15) is 9.90 Å². The van der Waals surface area contributed by atoms with Crippen LogP contribution in [0.2, 0.25) is 0 Å². The number of β-amino-alcohol motifs (C(OH)–C–C–N with tert-alkyl or cyclic N) is 1. The van der Waals surface area contributed by atoms with Gasteiger partial charge in [-0.15, -0.1) is 0 Å². The van der Waals surface area contributed by atoms with Gasteiger partial charge in [0, 0.05) is 31.2 Å². The summed E-state index contributed by atoms with van der Waals surface area (Å²) in [6.45, 7) is 4.05. The zero-order valence-corrected chi connectivity index (χ0v) is 15.9. The summed E-state index contributed by atoms with van der Waals surface area (Å²) in [5.74, 6) is 0.924. The van der Waals surface area contributed by atoms with E-state index in [4.69, 9.17) is 4.74 Å². The van der Waals surface area contributed by atoms with Crippen LogP contribution in [0.15, 0.2) is 30.3 Å². The standard InChI is InChI=1S/C20H28N4O3/c1-14-9-17(23-22-14)10-16-11-24(12-18(16)25)13-20(26)21-8-7-15-5-3-4-6-19(15)27-2/h3-6,9,16,18,25H,7-8,10-13H2,1-2H3,(H,21,26)(H,22,23)/t16-,18+/m1/s1. The highest BCUT2D eigenvalue weighted by Crippen LogP contribution is 2.21. The summed E-state index contributed by atoms with van der Waals surface area (Å²) >= 11 is 0. The summed E-state index contributed by atoms with van der Waals surface area (Å²) in [4.78, 5) is 14.2. The lowest BCUT2D eigenvalue weighted by molar-refractivity contribution is -0.122. The van der Waals surface area contributed by atoms with E-state index in [1.54, 1.807) is 7.11 Å². The van der Waals surface area contributed by atoms with E-state index in [0.29, 0.717) is 26.2 Å². The number of methoxy groups -OCH3 is 1. The maximum atomic E-state index is 12.2. The molecule has 0 unspecified atom stereocenters. The predicted molar refractivity (Wildman–Crippen MR) is 103 cm³/mol. The minimum Gasteiger partial charge on any atom is -0.496 e. The Morgan fingerprint density at radius 2 is 2.22 bits per heavy atom. The molecule has 1 aromatic carbocycles. The molecule has 0 saturated carbocycles. The number of carbonyl (C=O) groups excluding carboxylic acids is 1. The van der Waals surface area contributed by atoms with Crippen LogP contribution in [0.3, 0.4) is 0 Å². The maximum absolute atomic E-state index is 12.2. The molecule has 27 heavy (non-hydrogen) atoms. The van der Waals surface area contributed by atoms with Gasteiger partial charge in [-0.2, -0.15) is 5.10 Å². The first kappa shape index (κ1) is 19.4. The second kappa shape index (κ2) is 9.01. The van der Waals surface area contributed by atoms with Gasteiger partial charge in [-0.3, -0.25) is 14.8 Å². The number of aliphatic hydroxyl groups excluding tert-OH is 1. The van der Waals surface area contributed by atoms with Crippen LogP contribution in [0.4, 0.5) is 0 Å². The number of benzene rings is 1. The maximum Gasteiger partial charge on any atom is 0.234 e. The first-order chi connectivity index (χ1) is 13.0. The molecule has 1 fully saturated rings. The largest absolute Gasteiger partial charge is 0.496 e. The van der Waals surface area contributed by atoms with Gasteiger partial charge in [0.25, 0.3) is 0 Å². The molecular weight excluding hydrogens is 344 g/mol. The second-order valence-electron chi connectivity index (χ2n) is 7.18. The van der Waals surface area contributed by atoms with Crippen molar-refractivity contribution in [3.8, 4) is 5.75 Å². The number of likely N-dealkylation sites (tertiary alicyclic amines) is 1. The van der Waals surface area contributed by atoms with Gasteiger partial charge in [0.15, 0.2) is 0 Å². The Labute approximate surface area is 159 Å². The van der Waals surface area contributed by atoms with Gasteiger partial charge in [0.2, 0.25) is 5.91 Å². The molecule has 2 heterocycles. The fourth-order valence-electron chi connectivity index (χ4n) is 3.62. The molecule has 146 valence electrons. The highest BCUT2D eigenvalue weighted by molar-refractivity contribution is 5.78. The third-order valence-electron chi connectivity index (χ3n) is 4.99. The van der Waals surface area contributed by atoms with E-state index < -0.39 is 6.10 Å². The topological polar surface area (TPSA) is 90.5 Å². The van der Waals surface area contributed by atoms with E-state index in [-0.39, 0.29) is 11.8 Å². The molecule has 1 aliphatic heterocycles. The molecule has 2 aromatic rings. The van der Waals surface area contributed by atoms with Gasteiger partial charge in [0.05, 0.1) is 25.5 Å². The molecule has 1 amide bonds. The first-order valence-corrected chi connectivity index (χ1v) is 9.35. The highest BCUT2D eigenvalue weighted by Gasteiger charge is 2.32. The van der Waals surface area contributed by atoms with E-state index >= 15 is 0 Å². The lowest BCUT2D eigenvalue weighted by Gasteiger charge is -2.15. The number of aryl methyl sites for hydroxylation is 1. The predicted octanol–water partition coefficient (Wildman–Crippen LogP) is 0.921. The molecule has 3 N–H and O–H groups in total. The van der Waals surface area contributed by atoms with Gasteiger partial charge in [-0.25, -0.2) is 0 Å². The molecule has 0 radical (unpaired) electrons. The smallest absolute Gasteiger partial charge is 0.234 e. The number of hydrogen-bond acceptors (Lipinski definition) is 5. The number of aliphatic hydroxyl groups is 1. The van der Waals surface area contributed by atoms with E-state index in [2.05, 4.69) is 15.5 Å². The minimum atomic E-state index is -0.427. The van der Waals surface area contributed by atoms with Crippen molar-refractivity contribution in [1.29, 1.82) is 0 Å². The first-order valence-electron chi connectivity index (χ1n) is 9.35. The van der Waals surface area contributed by atoms with E-state index in [1.807, 2.05) is 42.2 Å². The van der Waals surface area contributed by atoms with Crippen molar-refractivity contribution < 1.29 is 14.6 Å². The summed E-state index contributed by atoms with van der Waals surface area (Å²) in [5, 5.41) is 20.4. The van der Waals surface area contributed by atoms with Crippen LogP contribution in [-0.4, -0.2) is 65.5 Å². The SMILES string of the molecule is COc1ccccc1CCNC(=O)CN1C[C@@H](Cc2cc(C)[nH]n2)[C@@H](O)C1. The quantitative estimate of drug-likeness (QED) is 0.641. The molecule has 1 aromatic heterocycles. The second-order valence-corrected chi connectivity index (χ2v) is 7.18. The molecule has 7 heteroatoms. The lowest BCUT2D eigenvalue weighted by Crippen LogP contribution is -2.37. The number of aromatic nitrogens is 2. The zero-order chi connectivity index (χ0) is 19.2. The number of nitrogens with one attached hydrogen (secondary N) is 2. The Morgan fingerprint density at radius 3 is 2.96 bits per heavy atom. The zero-order valence-electron chi connectivity index (χ0n) is 15.9. The number of hydrogen-bond donors (Lipinski definition) is 3. The summed E-state index contributed by atoms with van der Waals surface area (Å²) in [6, 6.07) is 9.82. The minimum absolute atomic E-state index is 0.0200. The van der Waals surface area contributed by atoms with Crippen molar-refractivity contribution in [3.63, 3.8) is 0 Å². The Bertz CT molecular complexity index is 761. The van der Waals surface area contributed by atoms with Gasteiger partial charge in [0.1, 0.15) is 5.75 Å². The Balaban J connectivity index is 1.41. The highest BCUT2D eigenvalue weighted by atomic mass is 16.5. The van der Waals surface area contributed by atoms with Crippen molar-refractivity contribution in [2.75, 3.05) is 33.3 Å². The molecule has 0 aliphatic carbocycles. The number of H-pyrrole nitrogens is 1. The Morgan fingerprint density at radius 1 is 1.41 bits per heavy atom. The van der Waals surface area contributed by atoms with Gasteiger partial charge < -0.3 is 15.2 Å². The normalized spacial score (nSPS) is 20.0. The molecule has 0 bridgehead atoms. The van der Waals surface area contributed by atoms with Crippen LogP contribution >= 0.6 is 0 Å². The van der Waals surface area contributed by atoms with Crippen molar-refractivity contribution >= 4 is 5.91 Å². The number of aromatic amines is 1. The summed E-state index contributed by atoms with van der Waals surface area (Å²) < 4.78 is 5.33. The molecule has 1 aliphatic rings. The number of carbonyl (C=O) groups is 1. The summed E-state index contributed by atoms with van der Waals surface area (Å²) in [5.41, 5.74) is 3.05. The van der Waals surface area contributed by atoms with Gasteiger partial charge in [-0.1, -0.05) is 18.2 Å². The number of nitrogens with zero attached hydrogens (tertiary/aromatic N) is 2. The van der Waals surface area contributed by atoms with Crippen LogP contribution in [0.1, 0.15) is 17.0 Å². The molecule has 2 atom stereocenters. The van der Waals surface area contributed by atoms with Gasteiger partial charge >= 0.3 is 0 Å². The fourth-order valence-corrected chi connectivity index (χ4v) is 3.62. The molecule has 1 saturated heterocycles. The van der Waals surface area contributed by atoms with E-state index in [1.165, 1.54) is 0 Å². The Kier molecular flexibility index (Phi) is 6.47. The van der Waals surface area contributed by atoms with Crippen molar-refractivity contribution in [1.82, 2.24) is 20.4 Å². The number of para-hydroxylation sites is 1. The molecule has 0 spiro atoms. The number of ether oxygens (including phenoxy) is 1.